The van der Waals surface area contributed by atoms with E-state index in [1.54, 1.807) is 0 Å². The van der Waals surface area contributed by atoms with Gasteiger partial charge in [-0.05, 0) is 92.7 Å². The van der Waals surface area contributed by atoms with E-state index in [0.717, 1.165) is 11.5 Å². The quantitative estimate of drug-likeness (QED) is 0.366. The summed E-state index contributed by atoms with van der Waals surface area (Å²) in [6, 6.07) is 16.2. The normalized spacial score (nSPS) is 14.7. The molecule has 0 atom stereocenters. The Bertz CT molecular complexity index is 1180. The average molecular weight is 585 g/mol. The number of ether oxygens (including phenoxy) is 3. The predicted molar refractivity (Wildman–Crippen MR) is 150 cm³/mol. The first-order valence-electron chi connectivity index (χ1n) is 13.6. The Morgan fingerprint density at radius 2 is 1.05 bits per heavy atom. The third kappa shape index (κ3) is 14.4. The van der Waals surface area contributed by atoms with Crippen LogP contribution in [0.15, 0.2) is 48.5 Å². The van der Waals surface area contributed by atoms with Crippen LogP contribution < -0.4 is 9.47 Å². The number of rotatable bonds is 10. The molecular weight excluding hydrogens is 544 g/mol. The zero-order valence-corrected chi connectivity index (χ0v) is 24.9. The molecule has 228 valence electrons. The summed E-state index contributed by atoms with van der Waals surface area (Å²) < 4.78 is 16.1. The molecule has 10 nitrogen and oxygen atoms in total. The molecule has 0 amide bonds. The number of carboxylic acids is 1. The summed E-state index contributed by atoms with van der Waals surface area (Å²) in [5.41, 5.74) is 3.04. The molecule has 0 unspecified atom stereocenters. The van der Waals surface area contributed by atoms with Crippen molar-refractivity contribution in [2.24, 2.45) is 0 Å². The summed E-state index contributed by atoms with van der Waals surface area (Å²) in [4.78, 5) is 54.3. The van der Waals surface area contributed by atoms with Crippen molar-refractivity contribution in [1.82, 2.24) is 0 Å². The highest BCUT2D eigenvalue weighted by Crippen LogP contribution is 2.48. The molecule has 42 heavy (non-hydrogen) atoms. The van der Waals surface area contributed by atoms with E-state index in [1.807, 2.05) is 45.0 Å². The van der Waals surface area contributed by atoms with Crippen molar-refractivity contribution in [1.29, 1.82) is 0 Å². The van der Waals surface area contributed by atoms with Gasteiger partial charge in [0, 0.05) is 0 Å². The highest BCUT2D eigenvalue weighted by Gasteiger charge is 2.39. The second kappa shape index (κ2) is 16.9. The SMILES string of the molecule is CC(C)(C)OC(=O)CCOc1ccc(C2(C)CC2)cc1.CC1(c2ccc(OCCC(=O)O)cc2)CC1.O=C=O.O=C=O. The Balaban J connectivity index is 0.000000359. The van der Waals surface area contributed by atoms with Crippen LogP contribution in [0.2, 0.25) is 0 Å². The summed E-state index contributed by atoms with van der Waals surface area (Å²) in [6.45, 7) is 10.7. The molecule has 0 bridgehead atoms. The van der Waals surface area contributed by atoms with Crippen molar-refractivity contribution in [3.63, 3.8) is 0 Å². The van der Waals surface area contributed by atoms with Crippen LogP contribution >= 0.6 is 0 Å². The number of esters is 1. The van der Waals surface area contributed by atoms with Crippen molar-refractivity contribution < 1.29 is 48.1 Å². The van der Waals surface area contributed by atoms with E-state index in [-0.39, 0.29) is 37.7 Å². The summed E-state index contributed by atoms with van der Waals surface area (Å²) in [7, 11) is 0. The summed E-state index contributed by atoms with van der Waals surface area (Å²) in [6.07, 6.45) is 5.87. The first-order chi connectivity index (χ1) is 19.7. The van der Waals surface area contributed by atoms with Crippen LogP contribution in [0, 0.1) is 0 Å². The van der Waals surface area contributed by atoms with E-state index in [1.165, 1.54) is 36.8 Å². The molecule has 2 aromatic carbocycles. The van der Waals surface area contributed by atoms with Gasteiger partial charge in [0.1, 0.15) is 17.1 Å². The van der Waals surface area contributed by atoms with Crippen molar-refractivity contribution in [2.75, 3.05) is 13.2 Å². The molecule has 2 aliphatic rings. The molecule has 2 aliphatic carbocycles. The van der Waals surface area contributed by atoms with E-state index in [2.05, 4.69) is 38.1 Å². The number of aliphatic carboxylic acids is 1. The minimum Gasteiger partial charge on any atom is -0.493 e. The topological polar surface area (TPSA) is 150 Å². The fourth-order valence-corrected chi connectivity index (χ4v) is 3.76. The Morgan fingerprint density at radius 1 is 0.714 bits per heavy atom. The second-order valence-corrected chi connectivity index (χ2v) is 11.5. The number of carboxylic acid groups (broad SMARTS) is 1. The molecule has 4 rings (SSSR count). The van der Waals surface area contributed by atoms with Crippen LogP contribution in [0.3, 0.4) is 0 Å². The lowest BCUT2D eigenvalue weighted by Crippen LogP contribution is -2.24. The molecule has 0 saturated heterocycles. The highest BCUT2D eigenvalue weighted by molar-refractivity contribution is 5.70. The third-order valence-electron chi connectivity index (χ3n) is 6.68. The molecule has 2 saturated carbocycles. The van der Waals surface area contributed by atoms with Gasteiger partial charge >= 0.3 is 24.2 Å². The van der Waals surface area contributed by atoms with Gasteiger partial charge in [0.15, 0.2) is 0 Å². The van der Waals surface area contributed by atoms with Crippen LogP contribution in [-0.2, 0) is 44.3 Å². The Hall–Kier alpha value is -4.26. The van der Waals surface area contributed by atoms with Gasteiger partial charge in [0.25, 0.3) is 0 Å². The van der Waals surface area contributed by atoms with Gasteiger partial charge in [0.2, 0.25) is 0 Å². The van der Waals surface area contributed by atoms with E-state index in [0.29, 0.717) is 17.4 Å². The van der Waals surface area contributed by atoms with Crippen LogP contribution in [0.5, 0.6) is 11.5 Å². The van der Waals surface area contributed by atoms with Gasteiger partial charge < -0.3 is 19.3 Å². The van der Waals surface area contributed by atoms with E-state index < -0.39 is 11.6 Å². The maximum Gasteiger partial charge on any atom is 0.373 e. The Labute approximate surface area is 246 Å². The fraction of sp³-hybridized carbons (Fsp3) is 0.500. The molecule has 0 heterocycles. The van der Waals surface area contributed by atoms with Gasteiger partial charge in [-0.15, -0.1) is 0 Å². The van der Waals surface area contributed by atoms with E-state index >= 15 is 0 Å². The first kappa shape index (κ1) is 35.8. The second-order valence-electron chi connectivity index (χ2n) is 11.5. The summed E-state index contributed by atoms with van der Waals surface area (Å²) in [5, 5.41) is 8.47. The Morgan fingerprint density at radius 3 is 1.33 bits per heavy atom. The maximum atomic E-state index is 11.5. The monoisotopic (exact) mass is 584 g/mol. The van der Waals surface area contributed by atoms with Crippen molar-refractivity contribution in [2.45, 2.75) is 89.6 Å². The van der Waals surface area contributed by atoms with Gasteiger partial charge in [-0.2, -0.15) is 19.2 Å². The van der Waals surface area contributed by atoms with E-state index in [9.17, 15) is 9.59 Å². The first-order valence-corrected chi connectivity index (χ1v) is 13.6. The van der Waals surface area contributed by atoms with Gasteiger partial charge in [-0.25, -0.2) is 0 Å². The lowest BCUT2D eigenvalue weighted by Gasteiger charge is -2.19. The zero-order chi connectivity index (χ0) is 31.8. The molecule has 2 aromatic rings. The lowest BCUT2D eigenvalue weighted by molar-refractivity contribution is -0.193. The fourth-order valence-electron chi connectivity index (χ4n) is 3.76. The standard InChI is InChI=1S/C17H24O3.C13H16O3.2CO2/c1-16(2,3)20-15(18)9-12-19-14-7-5-13(6-8-14)17(4)10-11-17;1-13(7-8-13)10-2-4-11(5-3-10)16-9-6-12(14)15;2*2-1-3/h5-8H,9-12H2,1-4H3;2-5H,6-9H2,1H3,(H,14,15);;. The molecular formula is C32H40O10. The van der Waals surface area contributed by atoms with Crippen LogP contribution in [-0.4, -0.2) is 48.2 Å². The highest BCUT2D eigenvalue weighted by atomic mass is 16.6. The van der Waals surface area contributed by atoms with Crippen molar-refractivity contribution >= 4 is 24.2 Å². The molecule has 0 radical (unpaired) electrons. The smallest absolute Gasteiger partial charge is 0.373 e. The number of carbonyl (C=O) groups excluding carboxylic acids is 5. The number of benzene rings is 2. The van der Waals surface area contributed by atoms with Crippen molar-refractivity contribution in [3.8, 4) is 11.5 Å². The Kier molecular flexibility index (Phi) is 14.4. The number of hydrogen-bond donors (Lipinski definition) is 1. The summed E-state index contributed by atoms with van der Waals surface area (Å²) in [5.74, 6) is 0.498. The van der Waals surface area contributed by atoms with Gasteiger partial charge in [-0.1, -0.05) is 38.1 Å². The molecule has 0 aromatic heterocycles. The predicted octanol–water partition coefficient (Wildman–Crippen LogP) is 5.27. The van der Waals surface area contributed by atoms with Crippen LogP contribution in [0.1, 0.15) is 84.3 Å². The molecule has 1 N–H and O–H groups in total. The zero-order valence-electron chi connectivity index (χ0n) is 24.9. The van der Waals surface area contributed by atoms with Crippen LogP contribution in [0.25, 0.3) is 0 Å². The lowest BCUT2D eigenvalue weighted by atomic mass is 9.99. The number of carbonyl (C=O) groups is 2. The third-order valence-corrected chi connectivity index (χ3v) is 6.68. The largest absolute Gasteiger partial charge is 0.493 e. The molecule has 10 heteroatoms. The maximum absolute atomic E-state index is 11.5. The number of hydrogen-bond acceptors (Lipinski definition) is 9. The molecule has 0 aliphatic heterocycles. The molecule has 0 spiro atoms. The van der Waals surface area contributed by atoms with Crippen LogP contribution in [0.4, 0.5) is 0 Å². The van der Waals surface area contributed by atoms with E-state index in [4.69, 9.17) is 38.5 Å². The average Bonchev–Trinajstić information content (AvgIpc) is 3.84. The minimum absolute atomic E-state index is 0.0411. The minimum atomic E-state index is -0.831. The van der Waals surface area contributed by atoms with Gasteiger partial charge in [-0.3, -0.25) is 9.59 Å². The molecule has 2 fully saturated rings. The van der Waals surface area contributed by atoms with Gasteiger partial charge in [0.05, 0.1) is 26.1 Å². The summed E-state index contributed by atoms with van der Waals surface area (Å²) >= 11 is 0. The van der Waals surface area contributed by atoms with Crippen molar-refractivity contribution in [3.05, 3.63) is 59.7 Å².